The van der Waals surface area contributed by atoms with E-state index in [0.717, 1.165) is 26.2 Å². The molecule has 0 saturated carbocycles. The lowest BCUT2D eigenvalue weighted by Gasteiger charge is -2.43. The molecule has 0 N–H and O–H groups in total. The maximum atomic E-state index is 12.3. The first-order valence-corrected chi connectivity index (χ1v) is 11.3. The van der Waals surface area contributed by atoms with Gasteiger partial charge in [0.15, 0.2) is 0 Å². The molecule has 3 heterocycles. The van der Waals surface area contributed by atoms with Crippen molar-refractivity contribution < 1.29 is 0 Å². The van der Waals surface area contributed by atoms with Crippen LogP contribution in [0, 0.1) is 5.92 Å². The first kappa shape index (κ1) is 17.5. The minimum absolute atomic E-state index is 0.160. The monoisotopic (exact) mass is 404 g/mol. The number of hydrogen-bond donors (Lipinski definition) is 0. The third kappa shape index (κ3) is 2.60. The fourth-order valence-electron chi connectivity index (χ4n) is 6.30. The second-order valence-electron chi connectivity index (χ2n) is 9.47. The molecule has 0 spiro atoms. The van der Waals surface area contributed by atoms with Gasteiger partial charge in [0.25, 0.3) is 5.56 Å². The molecule has 2 atom stereocenters. The predicted octanol–water partition coefficient (Wildman–Crippen LogP) is 5.37. The summed E-state index contributed by atoms with van der Waals surface area (Å²) in [6, 6.07) is 26.1. The summed E-state index contributed by atoms with van der Waals surface area (Å²) < 4.78 is 2.02. The summed E-state index contributed by atoms with van der Waals surface area (Å²) in [6.07, 6.45) is 1.21. The molecular formula is C28H24N2O. The first-order chi connectivity index (χ1) is 15.2. The molecule has 0 unspecified atom stereocenters. The fourth-order valence-corrected chi connectivity index (χ4v) is 6.30. The van der Waals surface area contributed by atoms with E-state index in [4.69, 9.17) is 0 Å². The van der Waals surface area contributed by atoms with Crippen LogP contribution in [0.3, 0.4) is 0 Å². The molecule has 2 aliphatic rings. The zero-order valence-corrected chi connectivity index (χ0v) is 17.4. The molecule has 7 rings (SSSR count). The van der Waals surface area contributed by atoms with E-state index in [1.807, 2.05) is 10.6 Å². The lowest BCUT2D eigenvalue weighted by Crippen LogP contribution is -2.46. The van der Waals surface area contributed by atoms with Gasteiger partial charge in [-0.05, 0) is 56.3 Å². The molecule has 152 valence electrons. The predicted molar refractivity (Wildman–Crippen MR) is 127 cm³/mol. The minimum Gasteiger partial charge on any atom is -0.312 e. The van der Waals surface area contributed by atoms with Crippen molar-refractivity contribution in [1.82, 2.24) is 9.47 Å². The summed E-state index contributed by atoms with van der Waals surface area (Å²) in [5.41, 5.74) is 2.80. The van der Waals surface area contributed by atoms with Crippen LogP contribution in [-0.4, -0.2) is 22.6 Å². The lowest BCUT2D eigenvalue weighted by molar-refractivity contribution is 0.115. The Kier molecular flexibility index (Phi) is 3.62. The van der Waals surface area contributed by atoms with Gasteiger partial charge in [0.2, 0.25) is 0 Å². The normalized spacial score (nSPS) is 21.2. The van der Waals surface area contributed by atoms with Gasteiger partial charge >= 0.3 is 0 Å². The number of likely N-dealkylation sites (tertiary alicyclic amines) is 1. The van der Waals surface area contributed by atoms with Crippen molar-refractivity contribution in [3.05, 3.63) is 94.4 Å². The molecular weight excluding hydrogens is 380 g/mol. The SMILES string of the molecule is O=c1cccc2n1C[C@H]1C[C@H]2CN(Cc2ccc3ccc4cccc5ccc2c3c45)C1. The minimum atomic E-state index is 0.160. The summed E-state index contributed by atoms with van der Waals surface area (Å²) in [6.45, 7) is 3.93. The molecule has 0 amide bonds. The van der Waals surface area contributed by atoms with E-state index in [1.54, 1.807) is 6.07 Å². The number of hydrogen-bond acceptors (Lipinski definition) is 2. The van der Waals surface area contributed by atoms with Gasteiger partial charge in [0.1, 0.15) is 0 Å². The average molecular weight is 405 g/mol. The molecule has 2 bridgehead atoms. The van der Waals surface area contributed by atoms with Crippen LogP contribution in [0.4, 0.5) is 0 Å². The molecule has 31 heavy (non-hydrogen) atoms. The summed E-state index contributed by atoms with van der Waals surface area (Å²) in [7, 11) is 0. The van der Waals surface area contributed by atoms with Gasteiger partial charge in [0, 0.05) is 43.9 Å². The Morgan fingerprint density at radius 3 is 2.35 bits per heavy atom. The lowest BCUT2D eigenvalue weighted by atomic mass is 9.83. The smallest absolute Gasteiger partial charge is 0.250 e. The van der Waals surface area contributed by atoms with Crippen LogP contribution >= 0.6 is 0 Å². The summed E-state index contributed by atoms with van der Waals surface area (Å²) in [4.78, 5) is 14.9. The van der Waals surface area contributed by atoms with Crippen molar-refractivity contribution >= 4 is 32.3 Å². The van der Waals surface area contributed by atoms with Crippen LogP contribution in [0.25, 0.3) is 32.3 Å². The van der Waals surface area contributed by atoms with Gasteiger partial charge < -0.3 is 4.57 Å². The topological polar surface area (TPSA) is 25.2 Å². The van der Waals surface area contributed by atoms with E-state index in [0.29, 0.717) is 11.8 Å². The van der Waals surface area contributed by atoms with E-state index >= 15 is 0 Å². The number of benzene rings is 4. The number of pyridine rings is 1. The molecule has 3 heteroatoms. The number of rotatable bonds is 2. The van der Waals surface area contributed by atoms with E-state index in [2.05, 4.69) is 65.6 Å². The van der Waals surface area contributed by atoms with Crippen LogP contribution in [-0.2, 0) is 13.1 Å². The van der Waals surface area contributed by atoms with Crippen molar-refractivity contribution in [1.29, 1.82) is 0 Å². The Balaban J connectivity index is 1.29. The second-order valence-corrected chi connectivity index (χ2v) is 9.47. The van der Waals surface area contributed by atoms with Gasteiger partial charge in [-0.25, -0.2) is 0 Å². The summed E-state index contributed by atoms with van der Waals surface area (Å²) in [5.74, 6) is 1.02. The van der Waals surface area contributed by atoms with Crippen molar-refractivity contribution in [3.63, 3.8) is 0 Å². The van der Waals surface area contributed by atoms with Gasteiger partial charge in [-0.3, -0.25) is 9.69 Å². The van der Waals surface area contributed by atoms with Crippen molar-refractivity contribution in [2.75, 3.05) is 13.1 Å². The highest BCUT2D eigenvalue weighted by atomic mass is 16.1. The highest BCUT2D eigenvalue weighted by Crippen LogP contribution is 2.38. The zero-order valence-electron chi connectivity index (χ0n) is 17.4. The highest BCUT2D eigenvalue weighted by Gasteiger charge is 2.34. The third-order valence-electron chi connectivity index (χ3n) is 7.57. The van der Waals surface area contributed by atoms with Gasteiger partial charge in [-0.1, -0.05) is 60.7 Å². The van der Waals surface area contributed by atoms with Crippen LogP contribution in [0.5, 0.6) is 0 Å². The maximum Gasteiger partial charge on any atom is 0.250 e. The Morgan fingerprint density at radius 2 is 1.48 bits per heavy atom. The molecule has 1 fully saturated rings. The first-order valence-electron chi connectivity index (χ1n) is 11.3. The largest absolute Gasteiger partial charge is 0.312 e. The number of nitrogens with zero attached hydrogens (tertiary/aromatic N) is 2. The Bertz CT molecular complexity index is 1500. The van der Waals surface area contributed by atoms with Gasteiger partial charge in [-0.15, -0.1) is 0 Å². The van der Waals surface area contributed by atoms with Crippen LogP contribution in [0.1, 0.15) is 23.6 Å². The fraction of sp³-hybridized carbons (Fsp3) is 0.250. The molecule has 1 saturated heterocycles. The van der Waals surface area contributed by atoms with E-state index in [1.165, 1.54) is 50.0 Å². The Morgan fingerprint density at radius 1 is 0.742 bits per heavy atom. The molecule has 4 aromatic carbocycles. The van der Waals surface area contributed by atoms with E-state index in [9.17, 15) is 4.79 Å². The average Bonchev–Trinajstić information content (AvgIpc) is 2.79. The number of aromatic nitrogens is 1. The number of piperidine rings is 1. The van der Waals surface area contributed by atoms with E-state index in [-0.39, 0.29) is 5.56 Å². The molecule has 0 radical (unpaired) electrons. The van der Waals surface area contributed by atoms with Crippen LogP contribution in [0.2, 0.25) is 0 Å². The Labute approximate surface area is 180 Å². The molecule has 5 aromatic rings. The molecule has 3 nitrogen and oxygen atoms in total. The number of fused-ring (bicyclic) bond motifs is 4. The Hall–Kier alpha value is -3.17. The zero-order chi connectivity index (χ0) is 20.5. The van der Waals surface area contributed by atoms with Crippen molar-refractivity contribution in [3.8, 4) is 0 Å². The van der Waals surface area contributed by atoms with Crippen LogP contribution in [0.15, 0.2) is 77.6 Å². The van der Waals surface area contributed by atoms with Gasteiger partial charge in [0.05, 0.1) is 0 Å². The van der Waals surface area contributed by atoms with Crippen LogP contribution < -0.4 is 5.56 Å². The summed E-state index contributed by atoms with van der Waals surface area (Å²) in [5, 5.41) is 8.15. The van der Waals surface area contributed by atoms with Crippen molar-refractivity contribution in [2.24, 2.45) is 5.92 Å². The molecule has 1 aromatic heterocycles. The van der Waals surface area contributed by atoms with Crippen molar-refractivity contribution in [2.45, 2.75) is 25.4 Å². The third-order valence-corrected chi connectivity index (χ3v) is 7.57. The maximum absolute atomic E-state index is 12.3. The molecule has 2 aliphatic heterocycles. The van der Waals surface area contributed by atoms with Gasteiger partial charge in [-0.2, -0.15) is 0 Å². The highest BCUT2D eigenvalue weighted by molar-refractivity contribution is 6.23. The molecule has 0 aliphatic carbocycles. The quantitative estimate of drug-likeness (QED) is 0.370. The standard InChI is InChI=1S/C28H24N2O/c31-26-6-2-5-25-23-13-18(15-30(25)26)14-29(17-23)16-22-10-9-21-8-7-19-3-1-4-20-11-12-24(22)28(21)27(19)20/h1-12,18,23H,13-17H2/t18-,23-/m0/s1. The van der Waals surface area contributed by atoms with E-state index < -0.39 is 0 Å². The second kappa shape index (κ2) is 6.41. The summed E-state index contributed by atoms with van der Waals surface area (Å²) >= 11 is 0.